The van der Waals surface area contributed by atoms with Crippen LogP contribution in [0.15, 0.2) is 16.5 Å². The van der Waals surface area contributed by atoms with E-state index in [0.29, 0.717) is 12.2 Å². The van der Waals surface area contributed by atoms with Crippen LogP contribution in [-0.2, 0) is 0 Å². The Hall–Kier alpha value is -4.52. The highest BCUT2D eigenvalue weighted by atomic mass is 19.2. The fraction of sp³-hybridized carbons (Fsp3) is 0. The number of furan rings is 1. The van der Waals surface area contributed by atoms with Gasteiger partial charge in [0.15, 0.2) is 46.5 Å². The van der Waals surface area contributed by atoms with Crippen LogP contribution in [0.1, 0.15) is 22.6 Å². The minimum atomic E-state index is -2.45. The molecular formula is C22H4F10N2O. The number of benzene rings is 2. The van der Waals surface area contributed by atoms with Gasteiger partial charge in [-0.15, -0.1) is 0 Å². The lowest BCUT2D eigenvalue weighted by Gasteiger charge is -2.07. The van der Waals surface area contributed by atoms with Crippen molar-refractivity contribution in [3.05, 3.63) is 93.0 Å². The summed E-state index contributed by atoms with van der Waals surface area (Å²) < 4.78 is 141. The van der Waals surface area contributed by atoms with Crippen LogP contribution in [0.25, 0.3) is 23.3 Å². The van der Waals surface area contributed by atoms with Gasteiger partial charge in [0.2, 0.25) is 11.6 Å². The molecule has 0 fully saturated rings. The van der Waals surface area contributed by atoms with Gasteiger partial charge in [0.1, 0.15) is 23.7 Å². The Labute approximate surface area is 188 Å². The summed E-state index contributed by atoms with van der Waals surface area (Å²) in [6, 6.07) is 4.34. The Morgan fingerprint density at radius 2 is 0.771 bits per heavy atom. The molecule has 0 saturated carbocycles. The predicted octanol–water partition coefficient (Wildman–Crippen LogP) is 6.80. The predicted molar refractivity (Wildman–Crippen MR) is 98.1 cm³/mol. The van der Waals surface area contributed by atoms with E-state index >= 15 is 0 Å². The Bertz CT molecular complexity index is 1350. The van der Waals surface area contributed by atoms with Crippen molar-refractivity contribution >= 4 is 23.3 Å². The van der Waals surface area contributed by atoms with E-state index in [1.807, 2.05) is 0 Å². The molecule has 3 nitrogen and oxygen atoms in total. The second-order valence-electron chi connectivity index (χ2n) is 6.47. The lowest BCUT2D eigenvalue weighted by molar-refractivity contribution is 0.376. The van der Waals surface area contributed by atoms with Crippen molar-refractivity contribution in [1.82, 2.24) is 0 Å². The normalized spacial score (nSPS) is 12.0. The average molecular weight is 502 g/mol. The first kappa shape index (κ1) is 25.1. The first-order valence-electron chi connectivity index (χ1n) is 8.81. The van der Waals surface area contributed by atoms with E-state index in [-0.39, 0.29) is 0 Å². The van der Waals surface area contributed by atoms with Gasteiger partial charge < -0.3 is 4.42 Å². The fourth-order valence-corrected chi connectivity index (χ4v) is 2.81. The minimum Gasteiger partial charge on any atom is -0.457 e. The summed E-state index contributed by atoms with van der Waals surface area (Å²) in [5.74, 6) is -24.4. The summed E-state index contributed by atoms with van der Waals surface area (Å²) >= 11 is 0. The molecule has 0 amide bonds. The van der Waals surface area contributed by atoms with Crippen LogP contribution in [-0.4, -0.2) is 0 Å². The molecule has 3 rings (SSSR count). The van der Waals surface area contributed by atoms with Crippen molar-refractivity contribution in [3.63, 3.8) is 0 Å². The van der Waals surface area contributed by atoms with Gasteiger partial charge in [-0.05, 0) is 24.3 Å². The molecule has 0 N–H and O–H groups in total. The fourth-order valence-electron chi connectivity index (χ4n) is 2.81. The molecule has 3 aromatic rings. The van der Waals surface area contributed by atoms with Crippen molar-refractivity contribution in [1.29, 1.82) is 10.5 Å². The van der Waals surface area contributed by atoms with Crippen LogP contribution in [0.2, 0.25) is 0 Å². The number of nitriles is 2. The zero-order chi connectivity index (χ0) is 26.2. The molecule has 0 saturated heterocycles. The smallest absolute Gasteiger partial charge is 0.200 e. The van der Waals surface area contributed by atoms with Gasteiger partial charge in [0.25, 0.3) is 0 Å². The lowest BCUT2D eigenvalue weighted by Crippen LogP contribution is -2.06. The second-order valence-corrected chi connectivity index (χ2v) is 6.47. The van der Waals surface area contributed by atoms with Crippen LogP contribution in [0, 0.1) is 80.8 Å². The molecule has 2 aromatic carbocycles. The molecule has 13 heteroatoms. The van der Waals surface area contributed by atoms with Gasteiger partial charge in [-0.25, -0.2) is 43.9 Å². The maximum absolute atomic E-state index is 14.0. The molecule has 1 heterocycles. The average Bonchev–Trinajstić information content (AvgIpc) is 3.29. The molecule has 1 aromatic heterocycles. The third-order valence-electron chi connectivity index (χ3n) is 4.42. The first-order valence-corrected chi connectivity index (χ1v) is 8.81. The highest BCUT2D eigenvalue weighted by Crippen LogP contribution is 2.32. The molecule has 0 bridgehead atoms. The molecule has 0 spiro atoms. The summed E-state index contributed by atoms with van der Waals surface area (Å²) in [7, 11) is 0. The van der Waals surface area contributed by atoms with Gasteiger partial charge in [-0.1, -0.05) is 0 Å². The van der Waals surface area contributed by atoms with E-state index < -0.39 is 92.0 Å². The first-order chi connectivity index (χ1) is 16.4. The van der Waals surface area contributed by atoms with Crippen LogP contribution in [0.5, 0.6) is 0 Å². The van der Waals surface area contributed by atoms with E-state index in [9.17, 15) is 43.9 Å². The SMILES string of the molecule is N#C/C(=C\c1ccc(/C=C(\C#N)c2c(F)c(F)c(F)c(F)c2F)o1)c1c(F)c(F)c(F)c(F)c1F. The Balaban J connectivity index is 2.11. The van der Waals surface area contributed by atoms with E-state index in [0.717, 1.165) is 12.1 Å². The number of halogens is 10. The quantitative estimate of drug-likeness (QED) is 0.171. The lowest BCUT2D eigenvalue weighted by atomic mass is 10.0. The molecular weight excluding hydrogens is 498 g/mol. The number of rotatable bonds is 4. The molecule has 0 aliphatic carbocycles. The van der Waals surface area contributed by atoms with Crippen molar-refractivity contribution in [3.8, 4) is 12.1 Å². The molecule has 35 heavy (non-hydrogen) atoms. The van der Waals surface area contributed by atoms with Crippen molar-refractivity contribution in [2.75, 3.05) is 0 Å². The highest BCUT2D eigenvalue weighted by Gasteiger charge is 2.29. The summed E-state index contributed by atoms with van der Waals surface area (Å²) in [5, 5.41) is 18.3. The largest absolute Gasteiger partial charge is 0.457 e. The van der Waals surface area contributed by atoms with Crippen LogP contribution in [0.3, 0.4) is 0 Å². The topological polar surface area (TPSA) is 60.7 Å². The molecule has 0 aliphatic heterocycles. The van der Waals surface area contributed by atoms with E-state index in [1.165, 1.54) is 12.1 Å². The zero-order valence-electron chi connectivity index (χ0n) is 16.4. The maximum Gasteiger partial charge on any atom is 0.200 e. The minimum absolute atomic E-state index is 0.480. The third-order valence-corrected chi connectivity index (χ3v) is 4.42. The van der Waals surface area contributed by atoms with Crippen molar-refractivity contribution < 1.29 is 48.3 Å². The van der Waals surface area contributed by atoms with Crippen LogP contribution < -0.4 is 0 Å². The number of allylic oxidation sites excluding steroid dienone is 2. The highest BCUT2D eigenvalue weighted by molar-refractivity contribution is 5.91. The van der Waals surface area contributed by atoms with Crippen LogP contribution >= 0.6 is 0 Å². The molecule has 0 unspecified atom stereocenters. The number of hydrogen-bond donors (Lipinski definition) is 0. The maximum atomic E-state index is 14.0. The van der Waals surface area contributed by atoms with Gasteiger partial charge in [-0.3, -0.25) is 0 Å². The van der Waals surface area contributed by atoms with E-state index in [4.69, 9.17) is 14.9 Å². The molecule has 0 aliphatic rings. The van der Waals surface area contributed by atoms with E-state index in [1.54, 1.807) is 0 Å². The molecule has 178 valence electrons. The van der Waals surface area contributed by atoms with Gasteiger partial charge in [-0.2, -0.15) is 10.5 Å². The summed E-state index contributed by atoms with van der Waals surface area (Å²) in [4.78, 5) is 0. The molecule has 0 atom stereocenters. The summed E-state index contributed by atoms with van der Waals surface area (Å²) in [6.45, 7) is 0. The monoisotopic (exact) mass is 502 g/mol. The summed E-state index contributed by atoms with van der Waals surface area (Å²) in [5.41, 5.74) is -5.31. The van der Waals surface area contributed by atoms with Crippen molar-refractivity contribution in [2.24, 2.45) is 0 Å². The van der Waals surface area contributed by atoms with Gasteiger partial charge in [0, 0.05) is 0 Å². The second kappa shape index (κ2) is 9.38. The van der Waals surface area contributed by atoms with Crippen LogP contribution in [0.4, 0.5) is 43.9 Å². The molecule has 0 radical (unpaired) electrons. The summed E-state index contributed by atoms with van der Waals surface area (Å²) in [6.07, 6.45) is 1.08. The van der Waals surface area contributed by atoms with E-state index in [2.05, 4.69) is 0 Å². The standard InChI is InChI=1S/C22H4F10N2O/c23-13-11(14(24)18(28)21(31)17(13)27)7(5-33)3-9-1-2-10(35-9)4-8(6-34)12-15(25)19(29)22(32)20(30)16(12)26/h1-4H/b7-3+,8-4+. The van der Waals surface area contributed by atoms with Gasteiger partial charge >= 0.3 is 0 Å². The Kier molecular flexibility index (Phi) is 6.73. The Morgan fingerprint density at radius 3 is 1.03 bits per heavy atom. The Morgan fingerprint density at radius 1 is 0.514 bits per heavy atom. The van der Waals surface area contributed by atoms with Gasteiger partial charge in [0.05, 0.1) is 22.3 Å². The third kappa shape index (κ3) is 4.24. The number of hydrogen-bond acceptors (Lipinski definition) is 3. The zero-order valence-corrected chi connectivity index (χ0v) is 16.4. The van der Waals surface area contributed by atoms with Crippen molar-refractivity contribution in [2.45, 2.75) is 0 Å². The number of nitrogens with zero attached hydrogens (tertiary/aromatic N) is 2.